The zero-order chi connectivity index (χ0) is 18.6. The molecule has 2 N–H and O–H groups in total. The first-order valence-electron chi connectivity index (χ1n) is 9.23. The van der Waals surface area contributed by atoms with Gasteiger partial charge in [-0.2, -0.15) is 0 Å². The van der Waals surface area contributed by atoms with Crippen molar-refractivity contribution >= 4 is 33.8 Å². The van der Waals surface area contributed by atoms with Crippen molar-refractivity contribution in [3.63, 3.8) is 0 Å². The lowest BCUT2D eigenvalue weighted by molar-refractivity contribution is -0.383. The van der Waals surface area contributed by atoms with Crippen LogP contribution in [0.25, 0.3) is 10.8 Å². The minimum Gasteiger partial charge on any atom is -0.361 e. The summed E-state index contributed by atoms with van der Waals surface area (Å²) in [6, 6.07) is 13.9. The number of nitrogens with one attached hydrogen (secondary N) is 2. The van der Waals surface area contributed by atoms with Crippen LogP contribution in [-0.4, -0.2) is 20.9 Å². The average Bonchev–Trinajstić information content (AvgIpc) is 2.69. The van der Waals surface area contributed by atoms with Crippen molar-refractivity contribution in [3.8, 4) is 0 Å². The van der Waals surface area contributed by atoms with Gasteiger partial charge in [-0.3, -0.25) is 10.1 Å². The van der Waals surface area contributed by atoms with Crippen molar-refractivity contribution in [2.45, 2.75) is 38.1 Å². The molecular formula is C20H21N5O2. The number of benzene rings is 2. The number of nitrogens with zero attached hydrogens (tertiary/aromatic N) is 3. The maximum absolute atomic E-state index is 11.8. The SMILES string of the molecule is O=[N+]([O-])c1c(Nc2cccc3ccccc23)ncnc1NC1CCCCC1. The molecule has 27 heavy (non-hydrogen) atoms. The van der Waals surface area contributed by atoms with E-state index in [1.807, 2.05) is 42.5 Å². The Morgan fingerprint density at radius 3 is 2.52 bits per heavy atom. The molecule has 1 saturated carbocycles. The summed E-state index contributed by atoms with van der Waals surface area (Å²) in [7, 11) is 0. The Morgan fingerprint density at radius 1 is 0.963 bits per heavy atom. The van der Waals surface area contributed by atoms with Crippen LogP contribution in [0.5, 0.6) is 0 Å². The van der Waals surface area contributed by atoms with Gasteiger partial charge in [-0.15, -0.1) is 0 Å². The van der Waals surface area contributed by atoms with Crippen LogP contribution in [-0.2, 0) is 0 Å². The molecule has 1 fully saturated rings. The summed E-state index contributed by atoms with van der Waals surface area (Å²) < 4.78 is 0. The number of anilines is 3. The number of nitro groups is 1. The second-order valence-electron chi connectivity index (χ2n) is 6.81. The Morgan fingerprint density at radius 2 is 1.70 bits per heavy atom. The second-order valence-corrected chi connectivity index (χ2v) is 6.81. The van der Waals surface area contributed by atoms with Crippen LogP contribution in [0.4, 0.5) is 23.0 Å². The van der Waals surface area contributed by atoms with Crippen LogP contribution >= 0.6 is 0 Å². The Bertz CT molecular complexity index is 964. The number of hydrogen-bond acceptors (Lipinski definition) is 6. The van der Waals surface area contributed by atoms with Gasteiger partial charge < -0.3 is 10.6 Å². The lowest BCUT2D eigenvalue weighted by Crippen LogP contribution is -2.23. The molecule has 0 spiro atoms. The van der Waals surface area contributed by atoms with Crippen LogP contribution in [0.15, 0.2) is 48.8 Å². The third kappa shape index (κ3) is 3.67. The smallest absolute Gasteiger partial charge is 0.353 e. The van der Waals surface area contributed by atoms with Crippen LogP contribution in [0.1, 0.15) is 32.1 Å². The van der Waals surface area contributed by atoms with E-state index in [4.69, 9.17) is 0 Å². The molecule has 1 heterocycles. The molecule has 0 amide bonds. The van der Waals surface area contributed by atoms with E-state index < -0.39 is 4.92 Å². The number of rotatable bonds is 5. The minimum absolute atomic E-state index is 0.115. The fourth-order valence-corrected chi connectivity index (χ4v) is 3.65. The number of hydrogen-bond donors (Lipinski definition) is 2. The molecule has 7 heteroatoms. The van der Waals surface area contributed by atoms with Crippen LogP contribution in [0.2, 0.25) is 0 Å². The number of fused-ring (bicyclic) bond motifs is 1. The van der Waals surface area contributed by atoms with Gasteiger partial charge in [0, 0.05) is 17.1 Å². The van der Waals surface area contributed by atoms with Crippen LogP contribution in [0, 0.1) is 10.1 Å². The average molecular weight is 363 g/mol. The number of aromatic nitrogens is 2. The predicted octanol–water partition coefficient (Wildman–Crippen LogP) is 5.03. The highest BCUT2D eigenvalue weighted by Crippen LogP contribution is 2.34. The third-order valence-corrected chi connectivity index (χ3v) is 4.99. The highest BCUT2D eigenvalue weighted by atomic mass is 16.6. The van der Waals surface area contributed by atoms with Crippen molar-refractivity contribution in [2.24, 2.45) is 0 Å². The molecule has 0 saturated heterocycles. The van der Waals surface area contributed by atoms with Crippen molar-refractivity contribution in [1.29, 1.82) is 0 Å². The summed E-state index contributed by atoms with van der Waals surface area (Å²) in [5, 5.41) is 20.2. The molecule has 2 aromatic carbocycles. The summed E-state index contributed by atoms with van der Waals surface area (Å²) in [6.45, 7) is 0. The second kappa shape index (κ2) is 7.57. The third-order valence-electron chi connectivity index (χ3n) is 4.99. The van der Waals surface area contributed by atoms with Gasteiger partial charge in [0.25, 0.3) is 0 Å². The summed E-state index contributed by atoms with van der Waals surface area (Å²) in [5.74, 6) is 0.481. The first kappa shape index (κ1) is 17.2. The van der Waals surface area contributed by atoms with E-state index in [0.717, 1.165) is 42.1 Å². The van der Waals surface area contributed by atoms with Gasteiger partial charge >= 0.3 is 5.69 Å². The molecule has 0 unspecified atom stereocenters. The molecule has 4 rings (SSSR count). The lowest BCUT2D eigenvalue weighted by atomic mass is 9.95. The molecule has 0 bridgehead atoms. The highest BCUT2D eigenvalue weighted by molar-refractivity contribution is 5.96. The van der Waals surface area contributed by atoms with E-state index in [1.54, 1.807) is 0 Å². The van der Waals surface area contributed by atoms with Gasteiger partial charge in [-0.05, 0) is 24.3 Å². The molecule has 1 aliphatic rings. The quantitative estimate of drug-likeness (QED) is 0.488. The molecule has 7 nitrogen and oxygen atoms in total. The fraction of sp³-hybridized carbons (Fsp3) is 0.300. The first-order valence-corrected chi connectivity index (χ1v) is 9.23. The summed E-state index contributed by atoms with van der Waals surface area (Å²) in [6.07, 6.45) is 6.87. The van der Waals surface area contributed by atoms with E-state index in [0.29, 0.717) is 0 Å². The topological polar surface area (TPSA) is 93.0 Å². The molecule has 1 aromatic heterocycles. The molecule has 1 aliphatic carbocycles. The maximum Gasteiger partial charge on any atom is 0.353 e. The molecule has 0 aliphatic heterocycles. The Balaban J connectivity index is 1.69. The monoisotopic (exact) mass is 363 g/mol. The van der Waals surface area contributed by atoms with Gasteiger partial charge in [0.15, 0.2) is 0 Å². The minimum atomic E-state index is -0.418. The predicted molar refractivity (Wildman–Crippen MR) is 106 cm³/mol. The van der Waals surface area contributed by atoms with E-state index >= 15 is 0 Å². The molecule has 0 radical (unpaired) electrons. The van der Waals surface area contributed by atoms with E-state index in [2.05, 4.69) is 20.6 Å². The standard InChI is InChI=1S/C20H21N5O2/c26-25(27)18-19(23-15-9-2-1-3-10-15)21-13-22-20(18)24-17-12-6-8-14-7-4-5-11-16(14)17/h4-8,11-13,15H,1-3,9-10H2,(H2,21,22,23,24). The Labute approximate surface area is 157 Å². The van der Waals surface area contributed by atoms with Gasteiger partial charge in [0.05, 0.1) is 4.92 Å². The zero-order valence-electron chi connectivity index (χ0n) is 14.9. The Kier molecular flexibility index (Phi) is 4.82. The van der Waals surface area contributed by atoms with E-state index in [9.17, 15) is 10.1 Å². The lowest BCUT2D eigenvalue weighted by Gasteiger charge is -2.23. The zero-order valence-corrected chi connectivity index (χ0v) is 14.9. The Hall–Kier alpha value is -3.22. The van der Waals surface area contributed by atoms with E-state index in [-0.39, 0.29) is 23.4 Å². The van der Waals surface area contributed by atoms with Crippen LogP contribution < -0.4 is 10.6 Å². The maximum atomic E-state index is 11.8. The molecule has 0 atom stereocenters. The van der Waals surface area contributed by atoms with Crippen LogP contribution in [0.3, 0.4) is 0 Å². The van der Waals surface area contributed by atoms with E-state index in [1.165, 1.54) is 12.7 Å². The van der Waals surface area contributed by atoms with Crippen molar-refractivity contribution in [2.75, 3.05) is 10.6 Å². The van der Waals surface area contributed by atoms with Crippen molar-refractivity contribution < 1.29 is 4.92 Å². The largest absolute Gasteiger partial charge is 0.361 e. The normalized spacial score (nSPS) is 14.8. The fourth-order valence-electron chi connectivity index (χ4n) is 3.65. The summed E-state index contributed by atoms with van der Waals surface area (Å²) >= 11 is 0. The van der Waals surface area contributed by atoms with Crippen molar-refractivity contribution in [3.05, 3.63) is 58.9 Å². The van der Waals surface area contributed by atoms with Gasteiger partial charge in [-0.1, -0.05) is 55.7 Å². The summed E-state index contributed by atoms with van der Waals surface area (Å²) in [5.41, 5.74) is 0.662. The van der Waals surface area contributed by atoms with Gasteiger partial charge in [0.2, 0.25) is 11.6 Å². The van der Waals surface area contributed by atoms with Gasteiger partial charge in [0.1, 0.15) is 6.33 Å². The first-order chi connectivity index (χ1) is 13.2. The molecular weight excluding hydrogens is 342 g/mol. The highest BCUT2D eigenvalue weighted by Gasteiger charge is 2.26. The molecule has 3 aromatic rings. The molecule has 138 valence electrons. The van der Waals surface area contributed by atoms with Crippen molar-refractivity contribution in [1.82, 2.24) is 9.97 Å². The van der Waals surface area contributed by atoms with Gasteiger partial charge in [-0.25, -0.2) is 9.97 Å². The summed E-state index contributed by atoms with van der Waals surface area (Å²) in [4.78, 5) is 19.7.